The highest BCUT2D eigenvalue weighted by Crippen LogP contribution is 2.45. The van der Waals surface area contributed by atoms with Crippen LogP contribution in [0.2, 0.25) is 0 Å². The van der Waals surface area contributed by atoms with E-state index in [0.29, 0.717) is 11.8 Å². The summed E-state index contributed by atoms with van der Waals surface area (Å²) in [6.45, 7) is 8.63. The van der Waals surface area contributed by atoms with Crippen LogP contribution in [0.4, 0.5) is 0 Å². The SMILES string of the molecule is CNC1(C)CCN(C(=O)C2(CC(C)C)CCCC2)CC1. The van der Waals surface area contributed by atoms with Gasteiger partial charge in [0, 0.05) is 24.0 Å². The van der Waals surface area contributed by atoms with Crippen molar-refractivity contribution in [2.75, 3.05) is 20.1 Å². The molecule has 20 heavy (non-hydrogen) atoms. The Kier molecular flexibility index (Phi) is 4.78. The molecule has 2 rings (SSSR count). The van der Waals surface area contributed by atoms with E-state index in [1.807, 2.05) is 7.05 Å². The zero-order valence-electron chi connectivity index (χ0n) is 13.8. The van der Waals surface area contributed by atoms with Crippen molar-refractivity contribution in [3.05, 3.63) is 0 Å². The van der Waals surface area contributed by atoms with E-state index in [4.69, 9.17) is 0 Å². The molecule has 1 amide bonds. The van der Waals surface area contributed by atoms with Gasteiger partial charge in [-0.05, 0) is 52.0 Å². The molecule has 1 saturated heterocycles. The normalized spacial score (nSPS) is 25.1. The first-order valence-electron chi connectivity index (χ1n) is 8.39. The number of likely N-dealkylation sites (tertiary alicyclic amines) is 1. The number of carbonyl (C=O) groups is 1. The molecular weight excluding hydrogens is 248 g/mol. The molecule has 1 N–H and O–H groups in total. The van der Waals surface area contributed by atoms with Gasteiger partial charge in [-0.2, -0.15) is 0 Å². The van der Waals surface area contributed by atoms with Gasteiger partial charge in [0.1, 0.15) is 0 Å². The smallest absolute Gasteiger partial charge is 0.228 e. The summed E-state index contributed by atoms with van der Waals surface area (Å²) in [5, 5.41) is 3.41. The molecule has 3 nitrogen and oxygen atoms in total. The number of carbonyl (C=O) groups excluding carboxylic acids is 1. The summed E-state index contributed by atoms with van der Waals surface area (Å²) in [7, 11) is 2.04. The van der Waals surface area contributed by atoms with Gasteiger partial charge in [-0.3, -0.25) is 4.79 Å². The first kappa shape index (κ1) is 15.8. The maximum Gasteiger partial charge on any atom is 0.228 e. The third-order valence-electron chi connectivity index (χ3n) is 5.57. The lowest BCUT2D eigenvalue weighted by atomic mass is 9.76. The fourth-order valence-electron chi connectivity index (χ4n) is 4.13. The lowest BCUT2D eigenvalue weighted by Crippen LogP contribution is -2.54. The Labute approximate surface area is 124 Å². The Bertz CT molecular complexity index is 337. The third-order valence-corrected chi connectivity index (χ3v) is 5.57. The molecule has 0 radical (unpaired) electrons. The monoisotopic (exact) mass is 280 g/mol. The molecular formula is C17H32N2O. The lowest BCUT2D eigenvalue weighted by molar-refractivity contribution is -0.144. The van der Waals surface area contributed by atoms with E-state index < -0.39 is 0 Å². The van der Waals surface area contributed by atoms with Gasteiger partial charge < -0.3 is 10.2 Å². The number of nitrogens with one attached hydrogen (secondary N) is 1. The zero-order valence-corrected chi connectivity index (χ0v) is 13.8. The van der Waals surface area contributed by atoms with Gasteiger partial charge in [-0.15, -0.1) is 0 Å². The van der Waals surface area contributed by atoms with Crippen molar-refractivity contribution in [1.82, 2.24) is 10.2 Å². The van der Waals surface area contributed by atoms with Crippen molar-refractivity contribution >= 4 is 5.91 Å². The minimum absolute atomic E-state index is 0.0262. The van der Waals surface area contributed by atoms with Gasteiger partial charge >= 0.3 is 0 Å². The summed E-state index contributed by atoms with van der Waals surface area (Å²) >= 11 is 0. The average molecular weight is 280 g/mol. The van der Waals surface area contributed by atoms with Crippen molar-refractivity contribution in [2.45, 2.75) is 71.3 Å². The number of nitrogens with zero attached hydrogens (tertiary/aromatic N) is 1. The zero-order chi connectivity index (χ0) is 14.8. The van der Waals surface area contributed by atoms with Crippen LogP contribution in [0.3, 0.4) is 0 Å². The summed E-state index contributed by atoms with van der Waals surface area (Å²) in [5.41, 5.74) is 0.194. The number of amides is 1. The molecule has 116 valence electrons. The Hall–Kier alpha value is -0.570. The van der Waals surface area contributed by atoms with Crippen LogP contribution in [0.1, 0.15) is 65.7 Å². The molecule has 1 heterocycles. The molecule has 0 bridgehead atoms. The second kappa shape index (κ2) is 6.05. The predicted octanol–water partition coefficient (Wildman–Crippen LogP) is 3.19. The van der Waals surface area contributed by atoms with E-state index in [1.54, 1.807) is 0 Å². The second-order valence-electron chi connectivity index (χ2n) is 7.69. The number of piperidine rings is 1. The summed E-state index contributed by atoms with van der Waals surface area (Å²) in [5.74, 6) is 1.08. The molecule has 3 heteroatoms. The van der Waals surface area contributed by atoms with Crippen molar-refractivity contribution in [2.24, 2.45) is 11.3 Å². The van der Waals surface area contributed by atoms with Gasteiger partial charge in [0.25, 0.3) is 0 Å². The van der Waals surface area contributed by atoms with E-state index >= 15 is 0 Å². The summed E-state index contributed by atoms with van der Waals surface area (Å²) < 4.78 is 0. The minimum atomic E-state index is -0.0262. The van der Waals surface area contributed by atoms with Gasteiger partial charge in [-0.1, -0.05) is 26.7 Å². The Morgan fingerprint density at radius 1 is 1.15 bits per heavy atom. The predicted molar refractivity (Wildman–Crippen MR) is 83.6 cm³/mol. The van der Waals surface area contributed by atoms with Crippen LogP contribution in [0.15, 0.2) is 0 Å². The van der Waals surface area contributed by atoms with Gasteiger partial charge in [0.2, 0.25) is 5.91 Å². The van der Waals surface area contributed by atoms with Crippen LogP contribution in [-0.4, -0.2) is 36.5 Å². The van der Waals surface area contributed by atoms with Crippen LogP contribution >= 0.6 is 0 Å². The fraction of sp³-hybridized carbons (Fsp3) is 0.941. The number of rotatable bonds is 4. The molecule has 0 aromatic heterocycles. The van der Waals surface area contributed by atoms with Crippen LogP contribution in [-0.2, 0) is 4.79 Å². The van der Waals surface area contributed by atoms with E-state index in [1.165, 1.54) is 12.8 Å². The largest absolute Gasteiger partial charge is 0.342 e. The number of hydrogen-bond donors (Lipinski definition) is 1. The Morgan fingerprint density at radius 2 is 1.70 bits per heavy atom. The molecule has 1 aliphatic heterocycles. The lowest BCUT2D eigenvalue weighted by Gasteiger charge is -2.43. The van der Waals surface area contributed by atoms with Gasteiger partial charge in [0.15, 0.2) is 0 Å². The van der Waals surface area contributed by atoms with Crippen LogP contribution in [0.5, 0.6) is 0 Å². The standard InChI is InChI=1S/C17H32N2O/c1-14(2)13-17(7-5-6-8-17)15(20)19-11-9-16(3,18-4)10-12-19/h14,18H,5-13H2,1-4H3. The van der Waals surface area contributed by atoms with E-state index in [-0.39, 0.29) is 11.0 Å². The first-order chi connectivity index (χ1) is 9.41. The molecule has 2 fully saturated rings. The van der Waals surface area contributed by atoms with Crippen LogP contribution in [0.25, 0.3) is 0 Å². The van der Waals surface area contributed by atoms with Gasteiger partial charge in [0.05, 0.1) is 0 Å². The topological polar surface area (TPSA) is 32.3 Å². The maximum absolute atomic E-state index is 13.1. The van der Waals surface area contributed by atoms with Crippen molar-refractivity contribution in [3.63, 3.8) is 0 Å². The van der Waals surface area contributed by atoms with E-state index in [9.17, 15) is 4.79 Å². The summed E-state index contributed by atoms with van der Waals surface area (Å²) in [4.78, 5) is 15.2. The molecule has 0 atom stereocenters. The minimum Gasteiger partial charge on any atom is -0.342 e. The second-order valence-corrected chi connectivity index (χ2v) is 7.69. The average Bonchev–Trinajstić information content (AvgIpc) is 2.88. The Morgan fingerprint density at radius 3 is 2.15 bits per heavy atom. The first-order valence-corrected chi connectivity index (χ1v) is 8.39. The van der Waals surface area contributed by atoms with E-state index in [2.05, 4.69) is 31.0 Å². The maximum atomic E-state index is 13.1. The van der Waals surface area contributed by atoms with E-state index in [0.717, 1.165) is 45.2 Å². The molecule has 0 aromatic rings. The highest BCUT2D eigenvalue weighted by atomic mass is 16.2. The molecule has 1 aliphatic carbocycles. The fourth-order valence-corrected chi connectivity index (χ4v) is 4.13. The molecule has 1 saturated carbocycles. The van der Waals surface area contributed by atoms with Crippen LogP contribution in [0, 0.1) is 11.3 Å². The van der Waals surface area contributed by atoms with Crippen LogP contribution < -0.4 is 5.32 Å². The third kappa shape index (κ3) is 3.19. The molecule has 0 unspecified atom stereocenters. The summed E-state index contributed by atoms with van der Waals surface area (Å²) in [6.07, 6.45) is 7.93. The Balaban J connectivity index is 2.03. The highest BCUT2D eigenvalue weighted by molar-refractivity contribution is 5.83. The highest BCUT2D eigenvalue weighted by Gasteiger charge is 2.44. The molecule has 2 aliphatic rings. The van der Waals surface area contributed by atoms with Crippen molar-refractivity contribution < 1.29 is 4.79 Å². The molecule has 0 spiro atoms. The van der Waals surface area contributed by atoms with Crippen molar-refractivity contribution in [1.29, 1.82) is 0 Å². The quantitative estimate of drug-likeness (QED) is 0.857. The number of hydrogen-bond acceptors (Lipinski definition) is 2. The summed E-state index contributed by atoms with van der Waals surface area (Å²) in [6, 6.07) is 0. The van der Waals surface area contributed by atoms with Crippen molar-refractivity contribution in [3.8, 4) is 0 Å². The molecule has 0 aromatic carbocycles. The van der Waals surface area contributed by atoms with Gasteiger partial charge in [-0.25, -0.2) is 0 Å².